The van der Waals surface area contributed by atoms with Crippen LogP contribution < -0.4 is 5.56 Å². The Labute approximate surface area is 221 Å². The number of aryl methyl sites for hydroxylation is 2. The lowest BCUT2D eigenvalue weighted by molar-refractivity contribution is -0.192. The van der Waals surface area contributed by atoms with Gasteiger partial charge in [0.15, 0.2) is 0 Å². The van der Waals surface area contributed by atoms with Crippen molar-refractivity contribution in [2.24, 2.45) is 0 Å². The molecule has 1 amide bonds. The molecular formula is C27H26F3N5O4. The largest absolute Gasteiger partial charge is 0.490 e. The highest BCUT2D eigenvalue weighted by molar-refractivity contribution is 5.94. The van der Waals surface area contributed by atoms with E-state index in [1.54, 1.807) is 29.0 Å². The predicted molar refractivity (Wildman–Crippen MR) is 137 cm³/mol. The van der Waals surface area contributed by atoms with Crippen LogP contribution >= 0.6 is 0 Å². The molecule has 3 heterocycles. The molecule has 39 heavy (non-hydrogen) atoms. The van der Waals surface area contributed by atoms with Crippen LogP contribution in [0.2, 0.25) is 0 Å². The maximum absolute atomic E-state index is 13.2. The van der Waals surface area contributed by atoms with Gasteiger partial charge in [0.1, 0.15) is 11.6 Å². The molecule has 1 saturated heterocycles. The number of carbonyl (C=O) groups is 2. The van der Waals surface area contributed by atoms with Crippen LogP contribution in [0, 0.1) is 13.8 Å². The summed E-state index contributed by atoms with van der Waals surface area (Å²) in [4.78, 5) is 46.0. The van der Waals surface area contributed by atoms with Crippen molar-refractivity contribution >= 4 is 22.8 Å². The number of nitrogens with zero attached hydrogens (tertiary/aromatic N) is 5. The Morgan fingerprint density at radius 2 is 1.72 bits per heavy atom. The molecule has 2 aromatic carbocycles. The van der Waals surface area contributed by atoms with E-state index in [1.807, 2.05) is 55.3 Å². The first-order valence-electron chi connectivity index (χ1n) is 12.1. The van der Waals surface area contributed by atoms with E-state index in [2.05, 4.69) is 14.5 Å². The van der Waals surface area contributed by atoms with Gasteiger partial charge in [0.05, 0.1) is 22.6 Å². The minimum absolute atomic E-state index is 0.0255. The van der Waals surface area contributed by atoms with Gasteiger partial charge >= 0.3 is 12.1 Å². The third-order valence-corrected chi connectivity index (χ3v) is 6.53. The van der Waals surface area contributed by atoms with Crippen molar-refractivity contribution < 1.29 is 27.9 Å². The first kappa shape index (κ1) is 27.6. The summed E-state index contributed by atoms with van der Waals surface area (Å²) in [5.74, 6) is -1.16. The number of halogens is 3. The quantitative estimate of drug-likeness (QED) is 0.416. The predicted octanol–water partition coefficient (Wildman–Crippen LogP) is 4.14. The lowest BCUT2D eigenvalue weighted by atomic mass is 10.1. The van der Waals surface area contributed by atoms with Crippen LogP contribution in [0.25, 0.3) is 16.6 Å². The second-order valence-corrected chi connectivity index (χ2v) is 9.09. The number of imidazole rings is 1. The number of fused-ring (bicyclic) bond motifs is 1. The van der Waals surface area contributed by atoms with Gasteiger partial charge in [0, 0.05) is 31.0 Å². The summed E-state index contributed by atoms with van der Waals surface area (Å²) < 4.78 is 35.4. The van der Waals surface area contributed by atoms with Gasteiger partial charge in [0.25, 0.3) is 11.5 Å². The number of aromatic nitrogens is 4. The molecule has 1 aliphatic rings. The SMILES string of the molecule is Cc1nccn1CC1CCCN1C(=O)c1ccc(-n2c(C)nc3ccccc3c2=O)cc1.O=C(O)C(F)(F)F. The van der Waals surface area contributed by atoms with Gasteiger partial charge < -0.3 is 14.6 Å². The van der Waals surface area contributed by atoms with E-state index < -0.39 is 12.1 Å². The third-order valence-electron chi connectivity index (χ3n) is 6.53. The van der Waals surface area contributed by atoms with Crippen LogP contribution in [-0.2, 0) is 11.3 Å². The van der Waals surface area contributed by atoms with E-state index in [0.29, 0.717) is 28.0 Å². The minimum Gasteiger partial charge on any atom is -0.475 e. The molecule has 0 spiro atoms. The van der Waals surface area contributed by atoms with Crippen molar-refractivity contribution in [3.8, 4) is 5.69 Å². The summed E-state index contributed by atoms with van der Waals surface area (Å²) in [5, 5.41) is 7.70. The summed E-state index contributed by atoms with van der Waals surface area (Å²) in [6.07, 6.45) is 0.655. The average molecular weight is 542 g/mol. The van der Waals surface area contributed by atoms with Gasteiger partial charge in [-0.05, 0) is 63.1 Å². The van der Waals surface area contributed by atoms with Gasteiger partial charge in [-0.1, -0.05) is 12.1 Å². The number of carboxylic acid groups (broad SMARTS) is 1. The Balaban J connectivity index is 0.000000448. The van der Waals surface area contributed by atoms with Crippen molar-refractivity contribution in [1.29, 1.82) is 0 Å². The molecule has 0 saturated carbocycles. The molecule has 0 aliphatic carbocycles. The average Bonchev–Trinajstić information content (AvgIpc) is 3.53. The number of alkyl halides is 3. The van der Waals surface area contributed by atoms with Gasteiger partial charge in [0.2, 0.25) is 0 Å². The van der Waals surface area contributed by atoms with Crippen LogP contribution in [0.5, 0.6) is 0 Å². The third kappa shape index (κ3) is 6.00. The minimum atomic E-state index is -5.08. The molecule has 4 aromatic rings. The van der Waals surface area contributed by atoms with Crippen molar-refractivity contribution in [3.63, 3.8) is 0 Å². The highest BCUT2D eigenvalue weighted by Crippen LogP contribution is 2.23. The number of para-hydroxylation sites is 1. The number of hydrogen-bond acceptors (Lipinski definition) is 5. The number of carbonyl (C=O) groups excluding carboxylic acids is 1. The number of hydrogen-bond donors (Lipinski definition) is 1. The molecule has 1 aliphatic heterocycles. The van der Waals surface area contributed by atoms with Crippen LogP contribution in [-0.4, -0.2) is 59.7 Å². The molecule has 0 bridgehead atoms. The van der Waals surface area contributed by atoms with Crippen molar-refractivity contribution in [1.82, 2.24) is 24.0 Å². The molecule has 1 unspecified atom stereocenters. The maximum atomic E-state index is 13.2. The van der Waals surface area contributed by atoms with E-state index in [9.17, 15) is 22.8 Å². The normalized spacial score (nSPS) is 15.2. The zero-order valence-corrected chi connectivity index (χ0v) is 21.2. The molecule has 1 N–H and O–H groups in total. The van der Waals surface area contributed by atoms with Gasteiger partial charge in [-0.15, -0.1) is 0 Å². The van der Waals surface area contributed by atoms with E-state index >= 15 is 0 Å². The topological polar surface area (TPSA) is 110 Å². The van der Waals surface area contributed by atoms with Crippen molar-refractivity contribution in [2.45, 2.75) is 45.5 Å². The fourth-order valence-corrected chi connectivity index (χ4v) is 4.58. The highest BCUT2D eigenvalue weighted by atomic mass is 19.4. The summed E-state index contributed by atoms with van der Waals surface area (Å²) in [6.45, 7) is 5.31. The molecule has 5 rings (SSSR count). The number of likely N-dealkylation sites (tertiary alicyclic amines) is 1. The number of aliphatic carboxylic acids is 1. The molecule has 1 atom stereocenters. The summed E-state index contributed by atoms with van der Waals surface area (Å²) in [6, 6.07) is 14.7. The van der Waals surface area contributed by atoms with E-state index in [1.165, 1.54) is 0 Å². The Hall–Kier alpha value is -4.48. The Morgan fingerprint density at radius 3 is 2.33 bits per heavy atom. The number of amides is 1. The van der Waals surface area contributed by atoms with Crippen molar-refractivity contribution in [2.75, 3.05) is 6.54 Å². The molecule has 1 fully saturated rings. The Morgan fingerprint density at radius 1 is 1.05 bits per heavy atom. The van der Waals surface area contributed by atoms with E-state index in [4.69, 9.17) is 9.90 Å². The van der Waals surface area contributed by atoms with Crippen LogP contribution in [0.4, 0.5) is 13.2 Å². The number of rotatable bonds is 4. The summed E-state index contributed by atoms with van der Waals surface area (Å²) >= 11 is 0. The monoisotopic (exact) mass is 541 g/mol. The molecule has 12 heteroatoms. The number of carboxylic acids is 1. The van der Waals surface area contributed by atoms with E-state index in [-0.39, 0.29) is 17.5 Å². The van der Waals surface area contributed by atoms with Crippen molar-refractivity contribution in [3.05, 3.63) is 88.5 Å². The summed E-state index contributed by atoms with van der Waals surface area (Å²) in [7, 11) is 0. The Bertz CT molecular complexity index is 1560. The first-order chi connectivity index (χ1) is 18.5. The van der Waals surface area contributed by atoms with Gasteiger partial charge in [-0.25, -0.2) is 14.8 Å². The fraction of sp³-hybridized carbons (Fsp3) is 0.296. The second-order valence-electron chi connectivity index (χ2n) is 9.09. The summed E-state index contributed by atoms with van der Waals surface area (Å²) in [5.41, 5.74) is 1.91. The van der Waals surface area contributed by atoms with Crippen LogP contribution in [0.1, 0.15) is 34.8 Å². The maximum Gasteiger partial charge on any atom is 0.490 e. The fourth-order valence-electron chi connectivity index (χ4n) is 4.58. The molecule has 204 valence electrons. The van der Waals surface area contributed by atoms with Crippen LogP contribution in [0.15, 0.2) is 65.7 Å². The van der Waals surface area contributed by atoms with Gasteiger partial charge in [-0.2, -0.15) is 13.2 Å². The lowest BCUT2D eigenvalue weighted by Gasteiger charge is -2.25. The zero-order chi connectivity index (χ0) is 28.3. The van der Waals surface area contributed by atoms with Gasteiger partial charge in [-0.3, -0.25) is 14.2 Å². The molecular weight excluding hydrogens is 515 g/mol. The molecule has 2 aromatic heterocycles. The second kappa shape index (κ2) is 11.1. The Kier molecular flexibility index (Phi) is 7.84. The molecule has 0 radical (unpaired) electrons. The molecule has 9 nitrogen and oxygen atoms in total. The first-order valence-corrected chi connectivity index (χ1v) is 12.1. The zero-order valence-electron chi connectivity index (χ0n) is 21.2. The smallest absolute Gasteiger partial charge is 0.475 e. The van der Waals surface area contributed by atoms with Crippen LogP contribution in [0.3, 0.4) is 0 Å². The lowest BCUT2D eigenvalue weighted by Crippen LogP contribution is -2.38. The standard InChI is InChI=1S/C25H25N5O2.C2HF3O2/c1-17-26-13-15-28(17)16-21-6-5-14-29(21)24(31)19-9-11-20(12-10-19)30-18(2)27-23-8-4-3-7-22(23)25(30)32;3-2(4,5)1(6)7/h3-4,7-13,15,21H,5-6,14,16H2,1-2H3;(H,6,7). The highest BCUT2D eigenvalue weighted by Gasteiger charge is 2.38. The number of benzene rings is 2. The van der Waals surface area contributed by atoms with E-state index in [0.717, 1.165) is 31.8 Å².